The van der Waals surface area contributed by atoms with Crippen LogP contribution in [-0.2, 0) is 10.0 Å². The van der Waals surface area contributed by atoms with Crippen molar-refractivity contribution in [1.82, 2.24) is 0 Å². The molecule has 0 saturated carbocycles. The van der Waals surface area contributed by atoms with Crippen molar-refractivity contribution in [2.75, 3.05) is 42.3 Å². The molecule has 0 aliphatic carbocycles. The van der Waals surface area contributed by atoms with Crippen LogP contribution in [0.1, 0.15) is 6.92 Å². The van der Waals surface area contributed by atoms with Crippen molar-refractivity contribution in [3.05, 3.63) is 53.1 Å². The maximum atomic E-state index is 13.5. The molecule has 0 atom stereocenters. The monoisotopic (exact) mass is 416 g/mol. The third kappa shape index (κ3) is 4.51. The van der Waals surface area contributed by atoms with Gasteiger partial charge in [-0.05, 0) is 43.3 Å². The van der Waals surface area contributed by atoms with E-state index in [1.54, 1.807) is 12.1 Å². The summed E-state index contributed by atoms with van der Waals surface area (Å²) in [4.78, 5) is 3.23. The van der Waals surface area contributed by atoms with Crippen LogP contribution in [0.2, 0.25) is 5.02 Å². The topological polar surface area (TPSA) is 53.9 Å². The van der Waals surface area contributed by atoms with E-state index >= 15 is 0 Å². The number of sulfonamides is 1. The molecule has 27 heavy (non-hydrogen) atoms. The SMILES string of the molecule is CC[NH+]1CCN(c2ccc(Cl)cc2NS(=O)(=O)c2ccc(F)c(F)c2)CC1. The van der Waals surface area contributed by atoms with E-state index in [0.29, 0.717) is 22.5 Å². The Morgan fingerprint density at radius 2 is 1.81 bits per heavy atom. The van der Waals surface area contributed by atoms with Gasteiger partial charge in [0.15, 0.2) is 11.6 Å². The molecule has 0 spiro atoms. The number of rotatable bonds is 5. The number of halogens is 3. The van der Waals surface area contributed by atoms with E-state index in [9.17, 15) is 17.2 Å². The molecular weight excluding hydrogens is 396 g/mol. The number of quaternary nitrogens is 1. The maximum absolute atomic E-state index is 13.5. The lowest BCUT2D eigenvalue weighted by molar-refractivity contribution is -0.898. The molecule has 1 aliphatic heterocycles. The van der Waals surface area contributed by atoms with Gasteiger partial charge < -0.3 is 9.80 Å². The van der Waals surface area contributed by atoms with Gasteiger partial charge in [-0.25, -0.2) is 17.2 Å². The highest BCUT2D eigenvalue weighted by atomic mass is 35.5. The summed E-state index contributed by atoms with van der Waals surface area (Å²) < 4.78 is 54.3. The predicted molar refractivity (Wildman–Crippen MR) is 102 cm³/mol. The van der Waals surface area contributed by atoms with Crippen molar-refractivity contribution in [3.8, 4) is 0 Å². The van der Waals surface area contributed by atoms with Gasteiger partial charge in [0.25, 0.3) is 10.0 Å². The molecule has 146 valence electrons. The largest absolute Gasteiger partial charge is 0.359 e. The molecule has 2 aromatic carbocycles. The molecule has 2 aromatic rings. The van der Waals surface area contributed by atoms with Gasteiger partial charge in [0.1, 0.15) is 0 Å². The average Bonchev–Trinajstić information content (AvgIpc) is 2.64. The smallest absolute Gasteiger partial charge is 0.262 e. The molecule has 0 bridgehead atoms. The Labute approximate surface area is 162 Å². The van der Waals surface area contributed by atoms with Gasteiger partial charge in [0.05, 0.1) is 49.0 Å². The number of anilines is 2. The fourth-order valence-corrected chi connectivity index (χ4v) is 4.38. The van der Waals surface area contributed by atoms with Crippen LogP contribution in [0.25, 0.3) is 0 Å². The summed E-state index contributed by atoms with van der Waals surface area (Å²) in [7, 11) is -4.09. The number of likely N-dealkylation sites (N-methyl/N-ethyl adjacent to an activating group) is 1. The highest BCUT2D eigenvalue weighted by Gasteiger charge is 2.24. The van der Waals surface area contributed by atoms with Crippen LogP contribution in [0, 0.1) is 11.6 Å². The fourth-order valence-electron chi connectivity index (χ4n) is 3.13. The van der Waals surface area contributed by atoms with E-state index in [0.717, 1.165) is 44.9 Å². The molecule has 5 nitrogen and oxygen atoms in total. The van der Waals surface area contributed by atoms with Crippen molar-refractivity contribution in [1.29, 1.82) is 0 Å². The normalized spacial score (nSPS) is 15.8. The average molecular weight is 417 g/mol. The summed E-state index contributed by atoms with van der Waals surface area (Å²) in [6, 6.07) is 7.45. The van der Waals surface area contributed by atoms with Gasteiger partial charge >= 0.3 is 0 Å². The second kappa shape index (κ2) is 8.00. The second-order valence-corrected chi connectivity index (χ2v) is 8.55. The van der Waals surface area contributed by atoms with E-state index in [1.165, 1.54) is 11.0 Å². The molecule has 0 amide bonds. The van der Waals surface area contributed by atoms with E-state index in [2.05, 4.69) is 16.5 Å². The third-order valence-electron chi connectivity index (χ3n) is 4.72. The summed E-state index contributed by atoms with van der Waals surface area (Å²) in [5.74, 6) is -2.32. The molecule has 9 heteroatoms. The molecule has 2 N–H and O–H groups in total. The van der Waals surface area contributed by atoms with Crippen LogP contribution in [0.5, 0.6) is 0 Å². The standard InChI is InChI=1S/C18H20ClF2N3O2S/c1-2-23-7-9-24(10-8-23)18-6-3-13(19)11-17(18)22-27(25,26)14-4-5-15(20)16(21)12-14/h3-6,11-12,22H,2,7-10H2,1H3/p+1. The summed E-state index contributed by atoms with van der Waals surface area (Å²) in [6.45, 7) is 6.65. The van der Waals surface area contributed by atoms with Crippen LogP contribution in [0.3, 0.4) is 0 Å². The Morgan fingerprint density at radius 1 is 1.11 bits per heavy atom. The summed E-state index contributed by atoms with van der Waals surface area (Å²) >= 11 is 6.06. The van der Waals surface area contributed by atoms with Crippen molar-refractivity contribution in [3.63, 3.8) is 0 Å². The molecule has 0 unspecified atom stereocenters. The number of hydrogen-bond donors (Lipinski definition) is 2. The summed E-state index contributed by atoms with van der Waals surface area (Å²) in [5, 5.41) is 0.375. The number of nitrogens with one attached hydrogen (secondary N) is 2. The van der Waals surface area contributed by atoms with Crippen LogP contribution >= 0.6 is 11.6 Å². The third-order valence-corrected chi connectivity index (χ3v) is 6.31. The molecule has 1 fully saturated rings. The molecule has 1 saturated heterocycles. The second-order valence-electron chi connectivity index (χ2n) is 6.43. The fraction of sp³-hybridized carbons (Fsp3) is 0.333. The van der Waals surface area contributed by atoms with Crippen molar-refractivity contribution in [2.24, 2.45) is 0 Å². The Hall–Kier alpha value is -1.90. The summed E-state index contributed by atoms with van der Waals surface area (Å²) in [5.41, 5.74) is 1.02. The molecule has 3 rings (SSSR count). The first-order valence-electron chi connectivity index (χ1n) is 8.66. The number of benzene rings is 2. The van der Waals surface area contributed by atoms with Gasteiger partial charge in [-0.1, -0.05) is 11.6 Å². The molecule has 0 radical (unpaired) electrons. The maximum Gasteiger partial charge on any atom is 0.262 e. The minimum Gasteiger partial charge on any atom is -0.359 e. The van der Waals surface area contributed by atoms with E-state index in [4.69, 9.17) is 11.6 Å². The van der Waals surface area contributed by atoms with Crippen molar-refractivity contribution >= 4 is 33.0 Å². The minimum absolute atomic E-state index is 0.312. The quantitative estimate of drug-likeness (QED) is 0.785. The highest BCUT2D eigenvalue weighted by Crippen LogP contribution is 2.31. The Bertz CT molecular complexity index is 932. The first-order chi connectivity index (χ1) is 12.8. The zero-order valence-corrected chi connectivity index (χ0v) is 16.4. The van der Waals surface area contributed by atoms with Gasteiger partial charge in [-0.3, -0.25) is 4.72 Å². The first kappa shape index (κ1) is 19.9. The van der Waals surface area contributed by atoms with Crippen molar-refractivity contribution < 1.29 is 22.1 Å². The molecule has 1 aliphatic rings. The van der Waals surface area contributed by atoms with Crippen LogP contribution in [-0.4, -0.2) is 41.1 Å². The van der Waals surface area contributed by atoms with Gasteiger partial charge in [0, 0.05) is 5.02 Å². The minimum atomic E-state index is -4.09. The number of nitrogens with zero attached hydrogens (tertiary/aromatic N) is 1. The van der Waals surface area contributed by atoms with E-state index in [-0.39, 0.29) is 4.90 Å². The lowest BCUT2D eigenvalue weighted by Gasteiger charge is -2.34. The van der Waals surface area contributed by atoms with Crippen molar-refractivity contribution in [2.45, 2.75) is 11.8 Å². The lowest BCUT2D eigenvalue weighted by atomic mass is 10.2. The predicted octanol–water partition coefficient (Wildman–Crippen LogP) is 2.14. The Balaban J connectivity index is 1.90. The lowest BCUT2D eigenvalue weighted by Crippen LogP contribution is -3.14. The van der Waals surface area contributed by atoms with Crippen LogP contribution in [0.4, 0.5) is 20.2 Å². The van der Waals surface area contributed by atoms with E-state index < -0.39 is 21.7 Å². The first-order valence-corrected chi connectivity index (χ1v) is 10.5. The molecular formula is C18H21ClF2N3O2S+. The van der Waals surface area contributed by atoms with Crippen LogP contribution in [0.15, 0.2) is 41.3 Å². The van der Waals surface area contributed by atoms with Gasteiger partial charge in [-0.15, -0.1) is 0 Å². The van der Waals surface area contributed by atoms with Gasteiger partial charge in [-0.2, -0.15) is 0 Å². The Morgan fingerprint density at radius 3 is 2.44 bits per heavy atom. The Kier molecular flexibility index (Phi) is 5.88. The van der Waals surface area contributed by atoms with Crippen LogP contribution < -0.4 is 14.5 Å². The van der Waals surface area contributed by atoms with Gasteiger partial charge in [0.2, 0.25) is 0 Å². The molecule has 1 heterocycles. The number of piperazine rings is 1. The highest BCUT2D eigenvalue weighted by molar-refractivity contribution is 7.92. The number of hydrogen-bond acceptors (Lipinski definition) is 3. The zero-order valence-electron chi connectivity index (χ0n) is 14.8. The molecule has 0 aromatic heterocycles. The van der Waals surface area contributed by atoms with E-state index in [1.807, 2.05) is 0 Å². The zero-order chi connectivity index (χ0) is 19.6. The summed E-state index contributed by atoms with van der Waals surface area (Å²) in [6.07, 6.45) is 0.